The topological polar surface area (TPSA) is 52.9 Å². The van der Waals surface area contributed by atoms with Gasteiger partial charge in [-0.05, 0) is 0 Å². The van der Waals surface area contributed by atoms with Gasteiger partial charge in [-0.25, -0.2) is 0 Å². The summed E-state index contributed by atoms with van der Waals surface area (Å²) in [7, 11) is 0. The Morgan fingerprint density at radius 2 is 0.889 bits per heavy atom. The Balaban J connectivity index is -0.000000327. The molecule has 0 aliphatic carbocycles. The van der Waals surface area contributed by atoms with Gasteiger partial charge in [-0.2, -0.15) is 0 Å². The number of hydrogen-bond acceptors (Lipinski definition) is 2. The molecule has 0 N–H and O–H groups in total. The summed E-state index contributed by atoms with van der Waals surface area (Å²) < 4.78 is 9.01. The molecule has 0 fully saturated rings. The minimum Gasteiger partial charge on any atom is -0.662 e. The Morgan fingerprint density at radius 1 is 0.556 bits per heavy atom. The summed E-state index contributed by atoms with van der Waals surface area (Å²) in [6, 6.07) is 0. The molecule has 0 radical (unpaired) electrons. The molecule has 0 aliphatic heterocycles. The molecule has 0 heterocycles. The fraction of sp³-hybridized carbons (Fsp3) is 1.00. The van der Waals surface area contributed by atoms with Gasteiger partial charge in [0, 0.05) is 0 Å². The zero-order chi connectivity index (χ0) is 21.6. The molecule has 0 bridgehead atoms. The molecule has 5 heteroatoms. The van der Waals surface area contributed by atoms with E-state index in [9.17, 15) is 0 Å². The second kappa shape index (κ2) is 22.5. The number of rotatable bonds is 10. The van der Waals surface area contributed by atoms with Crippen molar-refractivity contribution < 1.29 is 18.2 Å². The molecule has 27 heavy (non-hydrogen) atoms. The quantitative estimate of drug-likeness (QED) is 0.230. The van der Waals surface area contributed by atoms with E-state index >= 15 is 0 Å². The van der Waals surface area contributed by atoms with Gasteiger partial charge in [0.2, 0.25) is 0 Å². The third-order valence-electron chi connectivity index (χ3n) is 2.73. The van der Waals surface area contributed by atoms with E-state index in [0.29, 0.717) is 0 Å². The van der Waals surface area contributed by atoms with Gasteiger partial charge < -0.3 is 10.6 Å². The smallest absolute Gasteiger partial charge is 0.0578 e. The van der Waals surface area contributed by atoms with Crippen molar-refractivity contribution >= 4 is 0 Å². The van der Waals surface area contributed by atoms with Crippen molar-refractivity contribution in [2.75, 3.05) is 26.2 Å². The van der Waals surface area contributed by atoms with Crippen LogP contribution in [0.15, 0.2) is 6.99 Å². The molecule has 0 atom stereocenters. The second-order valence-corrected chi connectivity index (χ2v) is 9.95. The van der Waals surface area contributed by atoms with E-state index in [4.69, 9.17) is 0 Å². The van der Waals surface area contributed by atoms with Gasteiger partial charge in [0.15, 0.2) is 0 Å². The summed E-state index contributed by atoms with van der Waals surface area (Å²) in [4.78, 5) is 0. The fourth-order valence-electron chi connectivity index (χ4n) is 1.35. The van der Waals surface area contributed by atoms with Crippen LogP contribution in [0, 0.1) is 0 Å². The van der Waals surface area contributed by atoms with Gasteiger partial charge in [-0.15, -0.1) is 26.2 Å². The summed E-state index contributed by atoms with van der Waals surface area (Å²) in [5.41, 5.74) is 0.216. The minimum absolute atomic E-state index is 0.108. The van der Waals surface area contributed by atoms with Gasteiger partial charge >= 0.3 is 77.8 Å². The molecule has 4 nitrogen and oxygen atoms in total. The van der Waals surface area contributed by atoms with Crippen LogP contribution < -0.4 is 0 Å². The van der Waals surface area contributed by atoms with Crippen molar-refractivity contribution in [3.8, 4) is 0 Å². The number of hydrogen-bond donors (Lipinski definition) is 0. The Hall–Kier alpha value is 0.208. The molecular formula is C22H50MoN4. The van der Waals surface area contributed by atoms with E-state index in [-0.39, 0.29) is 11.1 Å². The molecule has 0 amide bonds. The summed E-state index contributed by atoms with van der Waals surface area (Å²) in [5, 5.41) is 8.56. The predicted octanol–water partition coefficient (Wildman–Crippen LogP) is 8.17. The third kappa shape index (κ3) is 46.3. The molecular weight excluding hydrogens is 416 g/mol. The maximum Gasteiger partial charge on any atom is -0.0578 e. The van der Waals surface area contributed by atoms with Crippen molar-refractivity contribution in [2.45, 2.75) is 119 Å². The van der Waals surface area contributed by atoms with Crippen LogP contribution in [-0.2, 0) is 18.2 Å². The molecule has 0 aromatic carbocycles. The zero-order valence-corrected chi connectivity index (χ0v) is 22.3. The molecule has 0 rings (SSSR count). The maximum atomic E-state index is 4.51. The van der Waals surface area contributed by atoms with Crippen LogP contribution >= 0.6 is 0 Å². The Labute approximate surface area is 180 Å². The Kier molecular flexibility index (Phi) is 26.6. The van der Waals surface area contributed by atoms with E-state index in [1.807, 2.05) is 0 Å². The second-order valence-electron chi connectivity index (χ2n) is 8.65. The van der Waals surface area contributed by atoms with Crippen LogP contribution in [0.1, 0.15) is 108 Å². The SMILES string of the molecule is CC(C)(C)[N]=[Mo+2]=[N]C(C)(C)C.CCCC[N-]CCC.CCCC[N-]CCC. The molecule has 164 valence electrons. The van der Waals surface area contributed by atoms with Crippen molar-refractivity contribution in [1.29, 1.82) is 0 Å². The summed E-state index contributed by atoms with van der Waals surface area (Å²) in [6.45, 7) is 25.7. The average molecular weight is 467 g/mol. The fourth-order valence-corrected chi connectivity index (χ4v) is 2.65. The first-order chi connectivity index (χ1) is 12.5. The first-order valence-electron chi connectivity index (χ1n) is 10.9. The van der Waals surface area contributed by atoms with Crippen LogP contribution in [0.2, 0.25) is 0 Å². The predicted molar refractivity (Wildman–Crippen MR) is 121 cm³/mol. The maximum absolute atomic E-state index is 4.51. The van der Waals surface area contributed by atoms with Gasteiger partial charge in [-0.1, -0.05) is 66.2 Å². The summed E-state index contributed by atoms with van der Waals surface area (Å²) in [6.07, 6.45) is 7.47. The Bertz CT molecular complexity index is 295. The van der Waals surface area contributed by atoms with Crippen molar-refractivity contribution in [2.24, 2.45) is 6.99 Å². The third-order valence-corrected chi connectivity index (χ3v) is 5.83. The average Bonchev–Trinajstić information content (AvgIpc) is 2.55. The largest absolute Gasteiger partial charge is 0.662 e. The standard InChI is InChI=1S/2C7H16N.2C4H9N.Mo/c2*1-3-5-7-8-6-4-2;2*1-4(2,3)5;/h2*3-7H2,1-2H3;2*1-3H3;/q2*-1;;;+2. The summed E-state index contributed by atoms with van der Waals surface area (Å²) in [5.74, 6) is 0. The normalized spacial score (nSPS) is 10.7. The van der Waals surface area contributed by atoms with E-state index < -0.39 is 18.2 Å². The van der Waals surface area contributed by atoms with Gasteiger partial charge in [0.25, 0.3) is 0 Å². The monoisotopic (exact) mass is 468 g/mol. The molecule has 0 aromatic rings. The van der Waals surface area contributed by atoms with Crippen LogP contribution in [0.3, 0.4) is 0 Å². The first-order valence-corrected chi connectivity index (χ1v) is 12.7. The van der Waals surface area contributed by atoms with Gasteiger partial charge in [-0.3, -0.25) is 0 Å². The van der Waals surface area contributed by atoms with Gasteiger partial charge in [0.1, 0.15) is 0 Å². The van der Waals surface area contributed by atoms with Crippen molar-refractivity contribution in [3.63, 3.8) is 0 Å². The van der Waals surface area contributed by atoms with Crippen LogP contribution in [-0.4, -0.2) is 37.3 Å². The van der Waals surface area contributed by atoms with E-state index in [1.165, 1.54) is 38.5 Å². The van der Waals surface area contributed by atoms with E-state index in [2.05, 4.69) is 86.9 Å². The Morgan fingerprint density at radius 3 is 1.11 bits per heavy atom. The van der Waals surface area contributed by atoms with Crippen LogP contribution in [0.4, 0.5) is 0 Å². The number of unbranched alkanes of at least 4 members (excludes halogenated alkanes) is 2. The summed E-state index contributed by atoms with van der Waals surface area (Å²) >= 11 is -0.473. The van der Waals surface area contributed by atoms with E-state index in [0.717, 1.165) is 26.2 Å². The van der Waals surface area contributed by atoms with E-state index in [1.54, 1.807) is 0 Å². The molecule has 0 aliphatic rings. The van der Waals surface area contributed by atoms with Crippen molar-refractivity contribution in [3.05, 3.63) is 10.6 Å². The van der Waals surface area contributed by atoms with Crippen molar-refractivity contribution in [1.82, 2.24) is 0 Å². The molecule has 0 spiro atoms. The molecule has 0 saturated carbocycles. The van der Waals surface area contributed by atoms with Gasteiger partial charge in [0.05, 0.1) is 0 Å². The van der Waals surface area contributed by atoms with Crippen LogP contribution in [0.5, 0.6) is 0 Å². The molecule has 0 aromatic heterocycles. The first kappa shape index (κ1) is 31.9. The number of nitrogens with zero attached hydrogens (tertiary/aromatic N) is 4. The molecule has 0 unspecified atom stereocenters. The molecule has 0 saturated heterocycles. The minimum atomic E-state index is -0.473. The van der Waals surface area contributed by atoms with Crippen LogP contribution in [0.25, 0.3) is 10.6 Å². The zero-order valence-electron chi connectivity index (χ0n) is 20.3.